The number of ether oxygens (including phenoxy) is 2. The van der Waals surface area contributed by atoms with E-state index in [0.717, 1.165) is 0 Å². The highest BCUT2D eigenvalue weighted by Crippen LogP contribution is 1.90. The molecule has 0 aromatic heterocycles. The van der Waals surface area contributed by atoms with Crippen LogP contribution < -0.4 is 5.32 Å². The average Bonchev–Trinajstić information content (AvgIpc) is 2.15. The van der Waals surface area contributed by atoms with Crippen LogP contribution in [-0.4, -0.2) is 38.2 Å². The molecule has 0 unspecified atom stereocenters. The van der Waals surface area contributed by atoms with Gasteiger partial charge in [-0.3, -0.25) is 4.79 Å². The minimum absolute atomic E-state index is 0.0104. The van der Waals surface area contributed by atoms with Crippen molar-refractivity contribution in [3.05, 3.63) is 0 Å². The van der Waals surface area contributed by atoms with Crippen molar-refractivity contribution in [1.29, 1.82) is 0 Å². The van der Waals surface area contributed by atoms with Gasteiger partial charge in [0.15, 0.2) is 6.04 Å². The first kappa shape index (κ1) is 12.5. The number of hydrogen-bond acceptors (Lipinski definition) is 4. The van der Waals surface area contributed by atoms with Crippen LogP contribution in [0.5, 0.6) is 0 Å². The summed E-state index contributed by atoms with van der Waals surface area (Å²) in [5.74, 6) is 1.36. The van der Waals surface area contributed by atoms with Crippen molar-refractivity contribution in [3.63, 3.8) is 0 Å². The van der Waals surface area contributed by atoms with E-state index in [1.54, 1.807) is 0 Å². The lowest BCUT2D eigenvalue weighted by Gasteiger charge is -2.14. The minimum atomic E-state index is -0.800. The molecule has 1 N–H and O–H groups in total. The molecule has 0 bridgehead atoms. The van der Waals surface area contributed by atoms with Gasteiger partial charge in [-0.2, -0.15) is 0 Å². The summed E-state index contributed by atoms with van der Waals surface area (Å²) in [6.45, 7) is 1.40. The maximum Gasteiger partial charge on any atom is 0.330 e. The van der Waals surface area contributed by atoms with E-state index in [-0.39, 0.29) is 19.1 Å². The van der Waals surface area contributed by atoms with Crippen LogP contribution in [0, 0.1) is 12.3 Å². The standard InChI is InChI=1S/C9H13NO4/c1-4-5-14-6-8(9(12)13-3)10-7(2)11/h1,8H,5-6H2,2-3H3,(H,10,11)/t8-/m0/s1. The number of carbonyl (C=O) groups is 2. The summed E-state index contributed by atoms with van der Waals surface area (Å²) >= 11 is 0. The van der Waals surface area contributed by atoms with Crippen molar-refractivity contribution in [2.24, 2.45) is 0 Å². The molecule has 0 fully saturated rings. The van der Waals surface area contributed by atoms with Crippen molar-refractivity contribution >= 4 is 11.9 Å². The molecule has 0 heterocycles. The maximum absolute atomic E-state index is 11.1. The lowest BCUT2D eigenvalue weighted by atomic mass is 10.3. The van der Waals surface area contributed by atoms with E-state index in [9.17, 15) is 9.59 Å². The van der Waals surface area contributed by atoms with Gasteiger partial charge in [-0.1, -0.05) is 5.92 Å². The number of hydrogen-bond donors (Lipinski definition) is 1. The molecule has 0 spiro atoms. The summed E-state index contributed by atoms with van der Waals surface area (Å²) < 4.78 is 9.38. The lowest BCUT2D eigenvalue weighted by molar-refractivity contribution is -0.146. The quantitative estimate of drug-likeness (QED) is 0.362. The normalized spacial score (nSPS) is 11.2. The van der Waals surface area contributed by atoms with Gasteiger partial charge in [0, 0.05) is 6.92 Å². The van der Waals surface area contributed by atoms with E-state index in [1.165, 1.54) is 14.0 Å². The third-order valence-corrected chi connectivity index (χ3v) is 1.33. The summed E-state index contributed by atoms with van der Waals surface area (Å²) in [6, 6.07) is -0.800. The summed E-state index contributed by atoms with van der Waals surface area (Å²) in [6.07, 6.45) is 4.95. The number of terminal acetylenes is 1. The summed E-state index contributed by atoms with van der Waals surface area (Å²) in [4.78, 5) is 21.8. The second-order valence-electron chi connectivity index (χ2n) is 2.50. The Balaban J connectivity index is 4.05. The van der Waals surface area contributed by atoms with Crippen LogP contribution in [0.1, 0.15) is 6.92 Å². The third kappa shape index (κ3) is 5.17. The van der Waals surface area contributed by atoms with Crippen LogP contribution in [0.3, 0.4) is 0 Å². The smallest absolute Gasteiger partial charge is 0.330 e. The highest BCUT2D eigenvalue weighted by atomic mass is 16.5. The first-order valence-electron chi connectivity index (χ1n) is 3.98. The second-order valence-corrected chi connectivity index (χ2v) is 2.50. The number of amides is 1. The van der Waals surface area contributed by atoms with E-state index >= 15 is 0 Å². The fourth-order valence-electron chi connectivity index (χ4n) is 0.792. The fraction of sp³-hybridized carbons (Fsp3) is 0.556. The van der Waals surface area contributed by atoms with Gasteiger partial charge in [0.2, 0.25) is 5.91 Å². The largest absolute Gasteiger partial charge is 0.467 e. The molecule has 5 heteroatoms. The monoisotopic (exact) mass is 199 g/mol. The molecular weight excluding hydrogens is 186 g/mol. The number of rotatable bonds is 5. The van der Waals surface area contributed by atoms with Crippen molar-refractivity contribution in [3.8, 4) is 12.3 Å². The Morgan fingerprint density at radius 1 is 1.57 bits per heavy atom. The number of nitrogens with one attached hydrogen (secondary N) is 1. The van der Waals surface area contributed by atoms with Crippen LogP contribution >= 0.6 is 0 Å². The van der Waals surface area contributed by atoms with Gasteiger partial charge in [-0.15, -0.1) is 6.42 Å². The van der Waals surface area contributed by atoms with Crippen LogP contribution in [0.25, 0.3) is 0 Å². The third-order valence-electron chi connectivity index (χ3n) is 1.33. The van der Waals surface area contributed by atoms with Crippen LogP contribution in [0.2, 0.25) is 0 Å². The summed E-state index contributed by atoms with van der Waals surface area (Å²) in [5.41, 5.74) is 0. The van der Waals surface area contributed by atoms with Crippen molar-refractivity contribution in [1.82, 2.24) is 5.32 Å². The van der Waals surface area contributed by atoms with Crippen LogP contribution in [0.4, 0.5) is 0 Å². The van der Waals surface area contributed by atoms with Crippen molar-refractivity contribution in [2.75, 3.05) is 20.3 Å². The Kier molecular flexibility index (Phi) is 6.16. The molecule has 0 aromatic rings. The van der Waals surface area contributed by atoms with E-state index < -0.39 is 12.0 Å². The SMILES string of the molecule is C#CCOC[C@H](NC(C)=O)C(=O)OC. The fourth-order valence-corrected chi connectivity index (χ4v) is 0.792. The van der Waals surface area contributed by atoms with Crippen LogP contribution in [-0.2, 0) is 19.1 Å². The van der Waals surface area contributed by atoms with Gasteiger partial charge in [-0.05, 0) is 0 Å². The van der Waals surface area contributed by atoms with Gasteiger partial charge < -0.3 is 14.8 Å². The van der Waals surface area contributed by atoms with Gasteiger partial charge in [-0.25, -0.2) is 4.79 Å². The molecule has 1 amide bonds. The molecule has 0 aliphatic rings. The highest BCUT2D eigenvalue weighted by Gasteiger charge is 2.19. The van der Waals surface area contributed by atoms with Crippen LogP contribution in [0.15, 0.2) is 0 Å². The molecule has 78 valence electrons. The van der Waals surface area contributed by atoms with Crippen molar-refractivity contribution < 1.29 is 19.1 Å². The molecule has 0 aromatic carbocycles. The van der Waals surface area contributed by atoms with Gasteiger partial charge in [0.1, 0.15) is 6.61 Å². The summed E-state index contributed by atoms with van der Waals surface area (Å²) in [7, 11) is 1.23. The molecule has 0 aliphatic carbocycles. The predicted molar refractivity (Wildman–Crippen MR) is 49.3 cm³/mol. The zero-order valence-electron chi connectivity index (χ0n) is 8.20. The zero-order chi connectivity index (χ0) is 11.0. The Morgan fingerprint density at radius 2 is 2.21 bits per heavy atom. The second kappa shape index (κ2) is 6.92. The number of carbonyl (C=O) groups excluding carboxylic acids is 2. The molecule has 5 nitrogen and oxygen atoms in total. The van der Waals surface area contributed by atoms with E-state index in [1.807, 2.05) is 0 Å². The first-order chi connectivity index (χ1) is 6.61. The Labute approximate surface area is 82.8 Å². The van der Waals surface area contributed by atoms with Gasteiger partial charge in [0.05, 0.1) is 13.7 Å². The Hall–Kier alpha value is -1.54. The molecule has 0 rings (SSSR count). The number of methoxy groups -OCH3 is 1. The predicted octanol–water partition coefficient (Wildman–Crippen LogP) is -0.686. The molecule has 0 radical (unpaired) electrons. The molecule has 14 heavy (non-hydrogen) atoms. The maximum atomic E-state index is 11.1. The zero-order valence-corrected chi connectivity index (χ0v) is 8.20. The van der Waals surface area contributed by atoms with Gasteiger partial charge in [0.25, 0.3) is 0 Å². The first-order valence-corrected chi connectivity index (χ1v) is 3.98. The summed E-state index contributed by atoms with van der Waals surface area (Å²) in [5, 5.41) is 2.38. The van der Waals surface area contributed by atoms with E-state index in [4.69, 9.17) is 11.2 Å². The Morgan fingerprint density at radius 3 is 2.64 bits per heavy atom. The molecule has 1 atom stereocenters. The number of esters is 1. The molecular formula is C9H13NO4. The molecule has 0 aliphatic heterocycles. The van der Waals surface area contributed by atoms with Crippen molar-refractivity contribution in [2.45, 2.75) is 13.0 Å². The molecule has 0 saturated heterocycles. The van der Waals surface area contributed by atoms with E-state index in [2.05, 4.69) is 16.0 Å². The average molecular weight is 199 g/mol. The lowest BCUT2D eigenvalue weighted by Crippen LogP contribution is -2.43. The topological polar surface area (TPSA) is 64.6 Å². The van der Waals surface area contributed by atoms with Gasteiger partial charge >= 0.3 is 5.97 Å². The molecule has 0 saturated carbocycles. The van der Waals surface area contributed by atoms with E-state index in [0.29, 0.717) is 0 Å². The minimum Gasteiger partial charge on any atom is -0.467 e. The highest BCUT2D eigenvalue weighted by molar-refractivity contribution is 5.83. The Bertz CT molecular complexity index is 244.